The number of ether oxygens (including phenoxy) is 1. The van der Waals surface area contributed by atoms with E-state index in [9.17, 15) is 29.1 Å². The third kappa shape index (κ3) is 9.59. The minimum atomic E-state index is -1.53. The molecule has 1 heterocycles. The van der Waals surface area contributed by atoms with Gasteiger partial charge in [0, 0.05) is 12.6 Å². The van der Waals surface area contributed by atoms with Gasteiger partial charge in [-0.2, -0.15) is 0 Å². The normalized spacial score (nSPS) is 20.5. The standard InChI is InChI=1S/C34H52N6O7/c1-19(2)26(18-47-34(46)36-20(3)4)38-33(45)39-28(24-16-22-11-5-6-12-23(22)17-24)32(44)40-14-8-13-27(40)31(43)37-25(29(41)30(35)42)15-21-9-7-10-21/h5-6,11-12,19-21,24-29,41H,7-10,13-18H2,1-4H3,(H2,35,42)(H,36,46)(H,37,43)(H2,38,39,45)/t25?,26-,27+,28+,29?/m1/s1. The van der Waals surface area contributed by atoms with Crippen molar-refractivity contribution in [3.8, 4) is 0 Å². The topological polar surface area (TPSA) is 192 Å². The number of urea groups is 1. The molecule has 1 saturated carbocycles. The van der Waals surface area contributed by atoms with Crippen molar-refractivity contribution in [2.45, 2.75) is 115 Å². The van der Waals surface area contributed by atoms with Crippen LogP contribution in [0.3, 0.4) is 0 Å². The molecule has 0 spiro atoms. The maximum Gasteiger partial charge on any atom is 0.407 e. The van der Waals surface area contributed by atoms with Crippen molar-refractivity contribution in [1.82, 2.24) is 26.2 Å². The molecule has 1 aromatic carbocycles. The maximum absolute atomic E-state index is 14.3. The summed E-state index contributed by atoms with van der Waals surface area (Å²) in [5.41, 5.74) is 7.61. The van der Waals surface area contributed by atoms with Crippen molar-refractivity contribution in [2.75, 3.05) is 13.2 Å². The summed E-state index contributed by atoms with van der Waals surface area (Å²) in [6.45, 7) is 7.70. The molecule has 1 aromatic rings. The van der Waals surface area contributed by atoms with Crippen LogP contribution >= 0.6 is 0 Å². The van der Waals surface area contributed by atoms with Crippen LogP contribution in [-0.4, -0.2) is 89.3 Å². The zero-order valence-electron chi connectivity index (χ0n) is 28.0. The number of carbonyl (C=O) groups is 5. The van der Waals surface area contributed by atoms with Gasteiger partial charge in [0.25, 0.3) is 0 Å². The number of aliphatic hydroxyl groups is 1. The number of aliphatic hydroxyl groups excluding tert-OH is 1. The van der Waals surface area contributed by atoms with Crippen LogP contribution in [0.2, 0.25) is 0 Å². The summed E-state index contributed by atoms with van der Waals surface area (Å²) in [7, 11) is 0. The van der Waals surface area contributed by atoms with E-state index in [-0.39, 0.29) is 36.3 Å². The summed E-state index contributed by atoms with van der Waals surface area (Å²) in [6, 6.07) is 4.14. The van der Waals surface area contributed by atoms with Crippen molar-refractivity contribution in [2.24, 2.45) is 23.5 Å². The van der Waals surface area contributed by atoms with E-state index in [2.05, 4.69) is 21.3 Å². The molecule has 2 aliphatic carbocycles. The largest absolute Gasteiger partial charge is 0.447 e. The van der Waals surface area contributed by atoms with Gasteiger partial charge in [-0.15, -0.1) is 0 Å². The summed E-state index contributed by atoms with van der Waals surface area (Å²) in [5, 5.41) is 21.8. The number of nitrogens with one attached hydrogen (secondary N) is 4. The molecular weight excluding hydrogens is 604 g/mol. The van der Waals surface area contributed by atoms with Crippen molar-refractivity contribution in [3.63, 3.8) is 0 Å². The Balaban J connectivity index is 1.48. The summed E-state index contributed by atoms with van der Waals surface area (Å²) in [5.74, 6) is -1.76. The number of carbonyl (C=O) groups excluding carboxylic acids is 5. The van der Waals surface area contributed by atoms with Crippen LogP contribution in [0.25, 0.3) is 0 Å². The lowest BCUT2D eigenvalue weighted by Crippen LogP contribution is -2.60. The number of rotatable bonds is 14. The predicted octanol–water partition coefficient (Wildman–Crippen LogP) is 1.74. The van der Waals surface area contributed by atoms with Gasteiger partial charge >= 0.3 is 12.1 Å². The molecule has 13 heteroatoms. The summed E-state index contributed by atoms with van der Waals surface area (Å²) in [6.07, 6.45) is 3.46. The number of primary amides is 1. The first-order valence-corrected chi connectivity index (χ1v) is 17.0. The van der Waals surface area contributed by atoms with Crippen LogP contribution in [0.5, 0.6) is 0 Å². The Morgan fingerprint density at radius 2 is 1.57 bits per heavy atom. The predicted molar refractivity (Wildman–Crippen MR) is 175 cm³/mol. The van der Waals surface area contributed by atoms with E-state index >= 15 is 0 Å². The average molecular weight is 657 g/mol. The van der Waals surface area contributed by atoms with Gasteiger partial charge in [-0.3, -0.25) is 14.4 Å². The lowest BCUT2D eigenvalue weighted by Gasteiger charge is -2.34. The van der Waals surface area contributed by atoms with Crippen molar-refractivity contribution in [3.05, 3.63) is 35.4 Å². The highest BCUT2D eigenvalue weighted by atomic mass is 16.5. The molecule has 6 amide bonds. The summed E-state index contributed by atoms with van der Waals surface area (Å²) in [4.78, 5) is 66.9. The fourth-order valence-electron chi connectivity index (χ4n) is 6.72. The molecule has 7 N–H and O–H groups in total. The van der Waals surface area contributed by atoms with Crippen LogP contribution in [-0.2, 0) is 32.0 Å². The minimum absolute atomic E-state index is 0.0509. The van der Waals surface area contributed by atoms with Crippen LogP contribution in [0.4, 0.5) is 9.59 Å². The van der Waals surface area contributed by atoms with Gasteiger partial charge in [0.1, 0.15) is 18.7 Å². The lowest BCUT2D eigenvalue weighted by molar-refractivity contribution is -0.142. The number of benzene rings is 1. The second-order valence-electron chi connectivity index (χ2n) is 14.0. The zero-order chi connectivity index (χ0) is 34.2. The Bertz CT molecular complexity index is 1260. The second kappa shape index (κ2) is 16.3. The van der Waals surface area contributed by atoms with Gasteiger partial charge in [0.15, 0.2) is 6.10 Å². The van der Waals surface area contributed by atoms with Crippen LogP contribution in [0.15, 0.2) is 24.3 Å². The zero-order valence-corrected chi connectivity index (χ0v) is 28.0. The second-order valence-corrected chi connectivity index (χ2v) is 14.0. The first-order valence-electron chi connectivity index (χ1n) is 17.0. The van der Waals surface area contributed by atoms with Crippen LogP contribution in [0, 0.1) is 17.8 Å². The molecule has 0 aromatic heterocycles. The maximum atomic E-state index is 14.3. The van der Waals surface area contributed by atoms with Gasteiger partial charge in [-0.05, 0) is 74.8 Å². The number of nitrogens with zero attached hydrogens (tertiary/aromatic N) is 1. The van der Waals surface area contributed by atoms with Crippen molar-refractivity contribution < 1.29 is 33.8 Å². The quantitative estimate of drug-likeness (QED) is 0.176. The van der Waals surface area contributed by atoms with Crippen LogP contribution in [0.1, 0.15) is 77.3 Å². The molecule has 3 aliphatic rings. The van der Waals surface area contributed by atoms with Gasteiger partial charge in [-0.1, -0.05) is 57.4 Å². The van der Waals surface area contributed by atoms with Crippen LogP contribution < -0.4 is 27.0 Å². The Kier molecular flexibility index (Phi) is 12.5. The number of hydrogen-bond acceptors (Lipinski definition) is 7. The fourth-order valence-corrected chi connectivity index (χ4v) is 6.72. The average Bonchev–Trinajstić information content (AvgIpc) is 3.65. The molecule has 1 aliphatic heterocycles. The smallest absolute Gasteiger partial charge is 0.407 e. The minimum Gasteiger partial charge on any atom is -0.447 e. The molecule has 47 heavy (non-hydrogen) atoms. The van der Waals surface area contributed by atoms with Crippen molar-refractivity contribution in [1.29, 1.82) is 0 Å². The van der Waals surface area contributed by atoms with E-state index in [1.807, 2.05) is 52.0 Å². The van der Waals surface area contributed by atoms with E-state index in [4.69, 9.17) is 10.5 Å². The number of hydrogen-bond donors (Lipinski definition) is 6. The number of nitrogens with two attached hydrogens (primary N) is 1. The van der Waals surface area contributed by atoms with E-state index < -0.39 is 54.2 Å². The highest BCUT2D eigenvalue weighted by molar-refractivity contribution is 5.93. The number of alkyl carbamates (subject to hydrolysis) is 1. The van der Waals surface area contributed by atoms with E-state index in [0.717, 1.165) is 30.4 Å². The molecule has 260 valence electrons. The lowest BCUT2D eigenvalue weighted by atomic mass is 9.79. The van der Waals surface area contributed by atoms with Gasteiger partial charge in [0.05, 0.1) is 12.1 Å². The monoisotopic (exact) mass is 656 g/mol. The highest BCUT2D eigenvalue weighted by Crippen LogP contribution is 2.32. The third-order valence-electron chi connectivity index (χ3n) is 9.68. The van der Waals surface area contributed by atoms with Crippen molar-refractivity contribution >= 4 is 29.8 Å². The Labute approximate surface area is 277 Å². The Hall–Kier alpha value is -3.87. The van der Waals surface area contributed by atoms with Gasteiger partial charge in [0.2, 0.25) is 17.7 Å². The molecule has 0 bridgehead atoms. The third-order valence-corrected chi connectivity index (χ3v) is 9.68. The van der Waals surface area contributed by atoms with Gasteiger partial charge < -0.3 is 41.7 Å². The summed E-state index contributed by atoms with van der Waals surface area (Å²) >= 11 is 0. The molecule has 5 atom stereocenters. The molecular formula is C34H52N6O7. The SMILES string of the molecule is CC(C)NC(=O)OC[C@@H](NC(=O)N[C@H](C(=O)N1CCC[C@H]1C(=O)NC(CC1CCC1)C(O)C(N)=O)C1Cc2ccccc2C1)C(C)C. The fraction of sp³-hybridized carbons (Fsp3) is 0.676. The highest BCUT2D eigenvalue weighted by Gasteiger charge is 2.43. The molecule has 13 nitrogen and oxygen atoms in total. The first-order chi connectivity index (χ1) is 22.3. The number of amides is 6. The number of likely N-dealkylation sites (tertiary alicyclic amines) is 1. The summed E-state index contributed by atoms with van der Waals surface area (Å²) < 4.78 is 5.33. The molecule has 2 fully saturated rings. The molecule has 2 unspecified atom stereocenters. The Morgan fingerprint density at radius 3 is 2.13 bits per heavy atom. The first kappa shape index (κ1) is 36.0. The van der Waals surface area contributed by atoms with E-state index in [1.54, 1.807) is 0 Å². The number of fused-ring (bicyclic) bond motifs is 1. The molecule has 0 radical (unpaired) electrons. The van der Waals surface area contributed by atoms with E-state index in [0.29, 0.717) is 38.6 Å². The molecule has 4 rings (SSSR count). The van der Waals surface area contributed by atoms with E-state index in [1.165, 1.54) is 4.90 Å². The molecule has 1 saturated heterocycles. The van der Waals surface area contributed by atoms with Gasteiger partial charge in [-0.25, -0.2) is 9.59 Å². The Morgan fingerprint density at radius 1 is 0.915 bits per heavy atom.